The van der Waals surface area contributed by atoms with Gasteiger partial charge in [0.2, 0.25) is 0 Å². The first-order chi connectivity index (χ1) is 12.2. The van der Waals surface area contributed by atoms with Crippen LogP contribution >= 0.6 is 11.3 Å². The highest BCUT2D eigenvalue weighted by atomic mass is 32.1. The van der Waals surface area contributed by atoms with Crippen LogP contribution in [-0.2, 0) is 0 Å². The molecule has 6 nitrogen and oxygen atoms in total. The number of nitrogens with two attached hydrogens (primary N) is 1. The van der Waals surface area contributed by atoms with Gasteiger partial charge < -0.3 is 20.4 Å². The van der Waals surface area contributed by atoms with Crippen LogP contribution in [0.2, 0.25) is 0 Å². The molecule has 1 aromatic heterocycles. The monoisotopic (exact) mass is 364 g/mol. The van der Waals surface area contributed by atoms with Crippen molar-refractivity contribution in [2.24, 2.45) is 10.7 Å². The van der Waals surface area contributed by atoms with Crippen molar-refractivity contribution in [3.63, 3.8) is 0 Å². The Morgan fingerprint density at radius 2 is 2.04 bits per heavy atom. The lowest BCUT2D eigenvalue weighted by atomic mass is 9.94. The molecule has 1 aliphatic heterocycles. The number of piperazine rings is 1. The zero-order valence-corrected chi connectivity index (χ0v) is 16.3. The van der Waals surface area contributed by atoms with Gasteiger partial charge in [0, 0.05) is 50.3 Å². The summed E-state index contributed by atoms with van der Waals surface area (Å²) in [5, 5.41) is 3.14. The molecule has 7 heteroatoms. The summed E-state index contributed by atoms with van der Waals surface area (Å²) >= 11 is 1.70. The third-order valence-electron chi connectivity index (χ3n) is 5.43. The van der Waals surface area contributed by atoms with Gasteiger partial charge in [0.25, 0.3) is 0 Å². The molecule has 0 aromatic carbocycles. The molecule has 25 heavy (non-hydrogen) atoms. The molecular formula is C18H32N6S. The summed E-state index contributed by atoms with van der Waals surface area (Å²) in [5.41, 5.74) is 6.20. The van der Waals surface area contributed by atoms with E-state index < -0.39 is 0 Å². The minimum absolute atomic E-state index is 0.708. The lowest BCUT2D eigenvalue weighted by molar-refractivity contribution is 0.191. The quantitative estimate of drug-likeness (QED) is 0.476. The van der Waals surface area contributed by atoms with Gasteiger partial charge in [-0.3, -0.25) is 4.99 Å². The average Bonchev–Trinajstić information content (AvgIpc) is 3.20. The van der Waals surface area contributed by atoms with E-state index in [1.165, 1.54) is 32.1 Å². The van der Waals surface area contributed by atoms with Gasteiger partial charge in [-0.05, 0) is 32.9 Å². The lowest BCUT2D eigenvalue weighted by Crippen LogP contribution is -2.51. The normalized spacial score (nSPS) is 20.5. The second-order valence-corrected chi connectivity index (χ2v) is 8.03. The minimum Gasteiger partial charge on any atom is -0.370 e. The van der Waals surface area contributed by atoms with E-state index in [0.717, 1.165) is 56.9 Å². The highest BCUT2D eigenvalue weighted by Crippen LogP contribution is 2.21. The largest absolute Gasteiger partial charge is 0.370 e. The van der Waals surface area contributed by atoms with Gasteiger partial charge in [-0.15, -0.1) is 11.3 Å². The molecule has 0 amide bonds. The molecule has 3 rings (SSSR count). The van der Waals surface area contributed by atoms with Crippen molar-refractivity contribution in [3.8, 4) is 0 Å². The molecule has 2 heterocycles. The molecule has 2 N–H and O–H groups in total. The number of aliphatic imine (C=N–C) groups is 1. The number of anilines is 1. The molecule has 1 saturated heterocycles. The molecular weight excluding hydrogens is 332 g/mol. The second kappa shape index (κ2) is 9.38. The van der Waals surface area contributed by atoms with Crippen LogP contribution in [-0.4, -0.2) is 73.1 Å². The van der Waals surface area contributed by atoms with Gasteiger partial charge in [0.05, 0.1) is 0 Å². The zero-order chi connectivity index (χ0) is 17.5. The Morgan fingerprint density at radius 1 is 1.28 bits per heavy atom. The van der Waals surface area contributed by atoms with Gasteiger partial charge in [0.15, 0.2) is 11.1 Å². The maximum atomic E-state index is 6.20. The second-order valence-electron chi connectivity index (χ2n) is 7.15. The molecule has 0 unspecified atom stereocenters. The minimum atomic E-state index is 0.708. The highest BCUT2D eigenvalue weighted by Gasteiger charge is 2.20. The number of thiazole rings is 1. The van der Waals surface area contributed by atoms with Crippen LogP contribution in [0.4, 0.5) is 5.13 Å². The van der Waals surface area contributed by atoms with Crippen LogP contribution in [0, 0.1) is 0 Å². The van der Waals surface area contributed by atoms with E-state index >= 15 is 0 Å². The smallest absolute Gasteiger partial charge is 0.191 e. The Balaban J connectivity index is 1.34. The molecule has 140 valence electrons. The topological polar surface area (TPSA) is 61.0 Å². The molecule has 0 radical (unpaired) electrons. The average molecular weight is 365 g/mol. The Bertz CT molecular complexity index is 518. The maximum absolute atomic E-state index is 6.20. The zero-order valence-electron chi connectivity index (χ0n) is 15.4. The number of guanidine groups is 1. The van der Waals surface area contributed by atoms with Crippen molar-refractivity contribution in [1.29, 1.82) is 0 Å². The number of nitrogens with zero attached hydrogens (tertiary/aromatic N) is 5. The summed E-state index contributed by atoms with van der Waals surface area (Å²) in [7, 11) is 2.26. The fourth-order valence-corrected chi connectivity index (χ4v) is 4.51. The number of aromatic nitrogens is 1. The van der Waals surface area contributed by atoms with Crippen LogP contribution in [0.5, 0.6) is 0 Å². The third-order valence-corrected chi connectivity index (χ3v) is 6.27. The molecule has 2 fully saturated rings. The van der Waals surface area contributed by atoms with Crippen molar-refractivity contribution < 1.29 is 0 Å². The predicted molar refractivity (Wildman–Crippen MR) is 107 cm³/mol. The van der Waals surface area contributed by atoms with E-state index in [9.17, 15) is 0 Å². The third kappa shape index (κ3) is 5.31. The molecule has 1 saturated carbocycles. The van der Waals surface area contributed by atoms with Crippen LogP contribution in [0.15, 0.2) is 16.6 Å². The van der Waals surface area contributed by atoms with E-state index in [4.69, 9.17) is 5.73 Å². The van der Waals surface area contributed by atoms with Gasteiger partial charge in [-0.2, -0.15) is 0 Å². The van der Waals surface area contributed by atoms with Gasteiger partial charge >= 0.3 is 0 Å². The van der Waals surface area contributed by atoms with Crippen molar-refractivity contribution in [3.05, 3.63) is 11.6 Å². The highest BCUT2D eigenvalue weighted by molar-refractivity contribution is 7.13. The summed E-state index contributed by atoms with van der Waals surface area (Å²) in [6.45, 7) is 5.74. The summed E-state index contributed by atoms with van der Waals surface area (Å²) < 4.78 is 0. The van der Waals surface area contributed by atoms with E-state index in [2.05, 4.69) is 31.7 Å². The number of hydrogen-bond donors (Lipinski definition) is 1. The van der Waals surface area contributed by atoms with Crippen LogP contribution in [0.25, 0.3) is 0 Å². The Labute approximate surface area is 155 Å². The van der Waals surface area contributed by atoms with Crippen molar-refractivity contribution in [1.82, 2.24) is 14.8 Å². The fourth-order valence-electron chi connectivity index (χ4n) is 3.82. The summed E-state index contributed by atoms with van der Waals surface area (Å²) in [5.74, 6) is 0.708. The molecule has 2 aliphatic rings. The molecule has 1 aromatic rings. The fraction of sp³-hybridized carbons (Fsp3) is 0.778. The Hall–Kier alpha value is -1.34. The van der Waals surface area contributed by atoms with Crippen molar-refractivity contribution in [2.45, 2.75) is 44.6 Å². The standard InChI is InChI=1S/C18H32N6S/c1-22(16-6-3-2-4-7-16)10-5-8-20-17(19)23-11-13-24(14-12-23)18-21-9-15-25-18/h9,15-16H,2-8,10-14H2,1H3,(H2,19,20). The summed E-state index contributed by atoms with van der Waals surface area (Å²) in [6.07, 6.45) is 9.90. The van der Waals surface area contributed by atoms with Crippen LogP contribution in [0.1, 0.15) is 38.5 Å². The number of hydrogen-bond acceptors (Lipinski definition) is 5. The molecule has 1 aliphatic carbocycles. The lowest BCUT2D eigenvalue weighted by Gasteiger charge is -2.35. The number of rotatable bonds is 6. The van der Waals surface area contributed by atoms with Gasteiger partial charge in [-0.25, -0.2) is 4.98 Å². The van der Waals surface area contributed by atoms with Crippen LogP contribution < -0.4 is 10.6 Å². The maximum Gasteiger partial charge on any atom is 0.191 e. The SMILES string of the molecule is CN(CCCN=C(N)N1CCN(c2nccs2)CC1)C1CCCCC1. The Morgan fingerprint density at radius 3 is 2.72 bits per heavy atom. The first kappa shape index (κ1) is 18.5. The molecule has 0 bridgehead atoms. The van der Waals surface area contributed by atoms with Gasteiger partial charge in [0.1, 0.15) is 0 Å². The van der Waals surface area contributed by atoms with Crippen molar-refractivity contribution >= 4 is 22.4 Å². The predicted octanol–water partition coefficient (Wildman–Crippen LogP) is 2.23. The first-order valence-electron chi connectivity index (χ1n) is 9.63. The van der Waals surface area contributed by atoms with E-state index in [-0.39, 0.29) is 0 Å². The van der Waals surface area contributed by atoms with Gasteiger partial charge in [-0.1, -0.05) is 19.3 Å². The molecule has 0 atom stereocenters. The Kier molecular flexibility index (Phi) is 6.93. The van der Waals surface area contributed by atoms with E-state index in [1.807, 2.05) is 11.6 Å². The van der Waals surface area contributed by atoms with Crippen molar-refractivity contribution in [2.75, 3.05) is 51.2 Å². The van der Waals surface area contributed by atoms with Crippen LogP contribution in [0.3, 0.4) is 0 Å². The molecule has 0 spiro atoms. The summed E-state index contributed by atoms with van der Waals surface area (Å²) in [6, 6.07) is 0.786. The van der Waals surface area contributed by atoms with E-state index in [0.29, 0.717) is 5.96 Å². The first-order valence-corrected chi connectivity index (χ1v) is 10.5. The van der Waals surface area contributed by atoms with E-state index in [1.54, 1.807) is 11.3 Å². The summed E-state index contributed by atoms with van der Waals surface area (Å²) in [4.78, 5) is 16.1.